The van der Waals surface area contributed by atoms with E-state index >= 15 is 0 Å². The Hall–Kier alpha value is -2.55. The molecular weight excluding hydrogens is 400 g/mol. The summed E-state index contributed by atoms with van der Waals surface area (Å²) >= 11 is 1.92. The van der Waals surface area contributed by atoms with Gasteiger partial charge in [-0.25, -0.2) is 9.31 Å². The molecule has 0 bridgehead atoms. The summed E-state index contributed by atoms with van der Waals surface area (Å²) in [6, 6.07) is 2.26. The van der Waals surface area contributed by atoms with Gasteiger partial charge in [0.2, 0.25) is 0 Å². The van der Waals surface area contributed by atoms with Crippen LogP contribution in [0.4, 0.5) is 4.79 Å². The Kier molecular flexibility index (Phi) is 7.02. The Bertz CT molecular complexity index is 971. The van der Waals surface area contributed by atoms with Crippen molar-refractivity contribution in [3.8, 4) is 11.3 Å². The van der Waals surface area contributed by atoms with E-state index in [1.165, 1.54) is 12.2 Å². The number of carbonyl (C=O) groups excluding carboxylic acids is 1. The summed E-state index contributed by atoms with van der Waals surface area (Å²) in [5, 5.41) is 8.27. The molecule has 9 heteroatoms. The lowest BCUT2D eigenvalue weighted by Crippen LogP contribution is -2.43. The van der Waals surface area contributed by atoms with Crippen LogP contribution < -0.4 is 0 Å². The summed E-state index contributed by atoms with van der Waals surface area (Å²) in [5.74, 6) is 2.26. The van der Waals surface area contributed by atoms with Crippen LogP contribution in [-0.2, 0) is 11.8 Å². The first-order valence-electron chi connectivity index (χ1n) is 10.0. The Morgan fingerprint density at radius 1 is 1.27 bits per heavy atom. The van der Waals surface area contributed by atoms with E-state index in [1.54, 1.807) is 32.7 Å². The van der Waals surface area contributed by atoms with Gasteiger partial charge in [0, 0.05) is 37.7 Å². The Balaban J connectivity index is 0.000000171. The number of thioether (sulfide) groups is 1. The monoisotopic (exact) mass is 430 g/mol. The van der Waals surface area contributed by atoms with Gasteiger partial charge in [0.15, 0.2) is 0 Å². The molecule has 0 saturated carbocycles. The number of hydrogen-bond acceptors (Lipinski definition) is 6. The molecule has 1 aliphatic heterocycles. The minimum atomic E-state index is -0.396. The van der Waals surface area contributed by atoms with Gasteiger partial charge in [-0.1, -0.05) is 0 Å². The van der Waals surface area contributed by atoms with E-state index in [2.05, 4.69) is 15.2 Å². The number of aromatic nitrogens is 5. The Labute approximate surface area is 181 Å². The zero-order valence-electron chi connectivity index (χ0n) is 18.3. The number of fused-ring (bicyclic) bond motifs is 1. The third kappa shape index (κ3) is 5.98. The second-order valence-corrected chi connectivity index (χ2v) is 9.49. The van der Waals surface area contributed by atoms with Crippen molar-refractivity contribution < 1.29 is 9.53 Å². The van der Waals surface area contributed by atoms with Gasteiger partial charge in [0.05, 0.1) is 36.0 Å². The molecule has 1 amide bonds. The lowest BCUT2D eigenvalue weighted by molar-refractivity contribution is 0.0231. The van der Waals surface area contributed by atoms with Gasteiger partial charge < -0.3 is 9.64 Å². The average Bonchev–Trinajstić information content (AvgIpc) is 3.35. The highest BCUT2D eigenvalue weighted by atomic mass is 32.2. The number of amides is 1. The number of nitrogens with zero attached hydrogens (tertiary/aromatic N) is 6. The zero-order chi connectivity index (χ0) is 21.7. The van der Waals surface area contributed by atoms with Crippen molar-refractivity contribution in [3.63, 3.8) is 0 Å². The summed E-state index contributed by atoms with van der Waals surface area (Å²) in [4.78, 5) is 17.8. The molecule has 1 aliphatic rings. The summed E-state index contributed by atoms with van der Waals surface area (Å²) < 4.78 is 8.89. The van der Waals surface area contributed by atoms with Crippen LogP contribution >= 0.6 is 11.8 Å². The molecule has 1 atom stereocenters. The molecule has 4 rings (SSSR count). The fourth-order valence-electron chi connectivity index (χ4n) is 3.03. The number of aryl methyl sites for hydroxylation is 1. The van der Waals surface area contributed by atoms with Crippen molar-refractivity contribution in [2.75, 3.05) is 18.6 Å². The largest absolute Gasteiger partial charge is 0.444 e. The van der Waals surface area contributed by atoms with Crippen LogP contribution in [0.15, 0.2) is 37.1 Å². The first-order valence-corrected chi connectivity index (χ1v) is 11.2. The number of carbonyl (C=O) groups is 1. The van der Waals surface area contributed by atoms with Crippen LogP contribution in [0.3, 0.4) is 0 Å². The molecule has 0 aromatic carbocycles. The van der Waals surface area contributed by atoms with E-state index in [4.69, 9.17) is 4.74 Å². The maximum atomic E-state index is 11.8. The molecule has 0 spiro atoms. The van der Waals surface area contributed by atoms with Gasteiger partial charge in [0.1, 0.15) is 5.60 Å². The summed E-state index contributed by atoms with van der Waals surface area (Å²) in [5.41, 5.74) is 2.46. The van der Waals surface area contributed by atoms with Crippen molar-refractivity contribution in [1.29, 1.82) is 0 Å². The third-order valence-electron chi connectivity index (χ3n) is 4.65. The van der Waals surface area contributed by atoms with Gasteiger partial charge in [-0.3, -0.25) is 9.67 Å². The SMILES string of the molecule is CN(C(=O)OC(C)(C)C)C1CCCSC1.Cn1cc(-c2cn3nccc3cn2)cn1. The van der Waals surface area contributed by atoms with Crippen LogP contribution in [-0.4, -0.2) is 65.6 Å². The first-order chi connectivity index (χ1) is 14.2. The minimum absolute atomic E-state index is 0.199. The maximum Gasteiger partial charge on any atom is 0.410 e. The quantitative estimate of drug-likeness (QED) is 0.614. The molecule has 1 fully saturated rings. The van der Waals surface area contributed by atoms with Crippen LogP contribution in [0.5, 0.6) is 0 Å². The van der Waals surface area contributed by atoms with Gasteiger partial charge >= 0.3 is 6.09 Å². The number of hydrogen-bond donors (Lipinski definition) is 0. The van der Waals surface area contributed by atoms with Gasteiger partial charge in [0.25, 0.3) is 0 Å². The third-order valence-corrected chi connectivity index (χ3v) is 5.85. The van der Waals surface area contributed by atoms with Gasteiger partial charge in [-0.2, -0.15) is 22.0 Å². The van der Waals surface area contributed by atoms with Crippen molar-refractivity contribution in [2.24, 2.45) is 7.05 Å². The molecule has 30 heavy (non-hydrogen) atoms. The van der Waals surface area contributed by atoms with Crippen molar-refractivity contribution in [1.82, 2.24) is 29.3 Å². The molecule has 1 saturated heterocycles. The highest BCUT2D eigenvalue weighted by Crippen LogP contribution is 2.22. The summed E-state index contributed by atoms with van der Waals surface area (Å²) in [6.07, 6.45) is 11.3. The molecule has 4 heterocycles. The smallest absolute Gasteiger partial charge is 0.410 e. The fraction of sp³-hybridized carbons (Fsp3) is 0.524. The average molecular weight is 431 g/mol. The van der Waals surface area contributed by atoms with E-state index in [1.807, 2.05) is 65.1 Å². The molecule has 0 radical (unpaired) electrons. The normalized spacial score (nSPS) is 16.6. The maximum absolute atomic E-state index is 11.8. The molecule has 1 unspecified atom stereocenters. The number of rotatable bonds is 2. The zero-order valence-corrected chi connectivity index (χ0v) is 19.1. The van der Waals surface area contributed by atoms with E-state index < -0.39 is 5.60 Å². The standard InChI is InChI=1S/C11H21NO2S.C10H9N5/c1-11(2,3)14-10(13)12(4)9-6-5-7-15-8-9;1-14-6-8(4-13-14)10-7-15-9(5-11-10)2-3-12-15/h9H,5-8H2,1-4H3;2-7H,1H3. The van der Waals surface area contributed by atoms with Crippen molar-refractivity contribution >= 4 is 23.4 Å². The molecule has 3 aromatic rings. The van der Waals surface area contributed by atoms with Crippen LogP contribution in [0.2, 0.25) is 0 Å². The summed E-state index contributed by atoms with van der Waals surface area (Å²) in [6.45, 7) is 5.69. The lowest BCUT2D eigenvalue weighted by Gasteiger charge is -2.32. The van der Waals surface area contributed by atoms with E-state index in [-0.39, 0.29) is 6.09 Å². The topological polar surface area (TPSA) is 77.5 Å². The molecule has 3 aromatic heterocycles. The van der Waals surface area contributed by atoms with E-state index in [9.17, 15) is 4.79 Å². The second kappa shape index (κ2) is 9.51. The number of ether oxygens (including phenoxy) is 1. The predicted octanol–water partition coefficient (Wildman–Crippen LogP) is 3.88. The second-order valence-electron chi connectivity index (χ2n) is 8.34. The predicted molar refractivity (Wildman–Crippen MR) is 120 cm³/mol. The molecule has 0 aliphatic carbocycles. The minimum Gasteiger partial charge on any atom is -0.444 e. The molecular formula is C21H30N6O2S. The van der Waals surface area contributed by atoms with E-state index in [0.29, 0.717) is 6.04 Å². The highest BCUT2D eigenvalue weighted by Gasteiger charge is 2.26. The Morgan fingerprint density at radius 2 is 2.07 bits per heavy atom. The lowest BCUT2D eigenvalue weighted by atomic mass is 10.1. The van der Waals surface area contributed by atoms with Crippen LogP contribution in [0, 0.1) is 0 Å². The van der Waals surface area contributed by atoms with Crippen molar-refractivity contribution in [2.45, 2.75) is 45.3 Å². The van der Waals surface area contributed by atoms with Gasteiger partial charge in [-0.15, -0.1) is 0 Å². The van der Waals surface area contributed by atoms with Gasteiger partial charge in [-0.05, 0) is 45.4 Å². The summed E-state index contributed by atoms with van der Waals surface area (Å²) in [7, 11) is 3.72. The van der Waals surface area contributed by atoms with E-state index in [0.717, 1.165) is 28.9 Å². The molecule has 162 valence electrons. The molecule has 8 nitrogen and oxygen atoms in total. The molecule has 0 N–H and O–H groups in total. The Morgan fingerprint density at radius 3 is 2.70 bits per heavy atom. The van der Waals surface area contributed by atoms with Crippen LogP contribution in [0.1, 0.15) is 33.6 Å². The van der Waals surface area contributed by atoms with Crippen LogP contribution in [0.25, 0.3) is 16.8 Å². The van der Waals surface area contributed by atoms with Crippen molar-refractivity contribution in [3.05, 3.63) is 37.1 Å². The first kappa shape index (κ1) is 22.1. The fourth-order valence-corrected chi connectivity index (χ4v) is 4.23. The highest BCUT2D eigenvalue weighted by molar-refractivity contribution is 7.99.